The first-order valence-electron chi connectivity index (χ1n) is 9.93. The van der Waals surface area contributed by atoms with Crippen LogP contribution >= 0.6 is 0 Å². The Morgan fingerprint density at radius 2 is 1.84 bits per heavy atom. The molecule has 3 aromatic rings. The molecule has 1 fully saturated rings. The molecule has 1 aliphatic heterocycles. The number of likely N-dealkylation sites (tertiary alicyclic amines) is 1. The molecular formula is C22H22N6O3. The summed E-state index contributed by atoms with van der Waals surface area (Å²) >= 11 is 0. The van der Waals surface area contributed by atoms with Gasteiger partial charge in [-0.15, -0.1) is 0 Å². The van der Waals surface area contributed by atoms with Crippen LogP contribution in [0.25, 0.3) is 5.69 Å². The molecule has 2 N–H and O–H groups in total. The molecule has 2 aromatic carbocycles. The lowest BCUT2D eigenvalue weighted by molar-refractivity contribution is -0.129. The Bertz CT molecular complexity index is 1050. The molecule has 1 saturated heterocycles. The van der Waals surface area contributed by atoms with Crippen LogP contribution < -0.4 is 10.6 Å². The van der Waals surface area contributed by atoms with Crippen LogP contribution in [-0.4, -0.2) is 50.5 Å². The zero-order valence-corrected chi connectivity index (χ0v) is 16.8. The highest BCUT2D eigenvalue weighted by molar-refractivity contribution is 5.96. The first-order chi connectivity index (χ1) is 15.1. The fraction of sp³-hybridized carbons (Fsp3) is 0.227. The van der Waals surface area contributed by atoms with E-state index in [4.69, 9.17) is 0 Å². The molecule has 9 heteroatoms. The highest BCUT2D eigenvalue weighted by Gasteiger charge is 2.34. The van der Waals surface area contributed by atoms with Crippen molar-refractivity contribution in [3.8, 4) is 5.69 Å². The second-order valence-corrected chi connectivity index (χ2v) is 7.31. The van der Waals surface area contributed by atoms with Gasteiger partial charge in [0, 0.05) is 25.2 Å². The number of anilines is 1. The van der Waals surface area contributed by atoms with Crippen molar-refractivity contribution in [2.75, 3.05) is 18.4 Å². The van der Waals surface area contributed by atoms with Crippen molar-refractivity contribution < 1.29 is 14.4 Å². The van der Waals surface area contributed by atoms with E-state index in [1.54, 1.807) is 40.2 Å². The van der Waals surface area contributed by atoms with Crippen LogP contribution in [0.4, 0.5) is 5.69 Å². The van der Waals surface area contributed by atoms with Gasteiger partial charge in [0.15, 0.2) is 0 Å². The molecule has 3 amide bonds. The number of nitrogens with zero attached hydrogens (tertiary/aromatic N) is 4. The van der Waals surface area contributed by atoms with Gasteiger partial charge in [0.05, 0.1) is 18.2 Å². The van der Waals surface area contributed by atoms with Crippen molar-refractivity contribution in [1.82, 2.24) is 25.0 Å². The summed E-state index contributed by atoms with van der Waals surface area (Å²) in [5.74, 6) is -1.14. The predicted molar refractivity (Wildman–Crippen MR) is 113 cm³/mol. The fourth-order valence-electron chi connectivity index (χ4n) is 3.46. The number of rotatable bonds is 7. The van der Waals surface area contributed by atoms with Gasteiger partial charge >= 0.3 is 0 Å². The Balaban J connectivity index is 1.24. The third-order valence-electron chi connectivity index (χ3n) is 5.06. The average molecular weight is 418 g/mol. The van der Waals surface area contributed by atoms with Crippen molar-refractivity contribution in [3.63, 3.8) is 0 Å². The van der Waals surface area contributed by atoms with E-state index in [2.05, 4.69) is 20.7 Å². The summed E-state index contributed by atoms with van der Waals surface area (Å²) in [6, 6.07) is 16.7. The lowest BCUT2D eigenvalue weighted by atomic mass is 10.1. The monoisotopic (exact) mass is 418 g/mol. The van der Waals surface area contributed by atoms with Crippen molar-refractivity contribution in [2.24, 2.45) is 5.92 Å². The summed E-state index contributed by atoms with van der Waals surface area (Å²) in [4.78, 5) is 42.4. The summed E-state index contributed by atoms with van der Waals surface area (Å²) < 4.78 is 1.61. The molecular weight excluding hydrogens is 396 g/mol. The number of aromatic nitrogens is 3. The summed E-state index contributed by atoms with van der Waals surface area (Å²) in [5.41, 5.74) is 2.44. The molecule has 2 heterocycles. The highest BCUT2D eigenvalue weighted by atomic mass is 16.2. The molecule has 0 radical (unpaired) electrons. The van der Waals surface area contributed by atoms with Crippen LogP contribution in [0.1, 0.15) is 12.0 Å². The van der Waals surface area contributed by atoms with Gasteiger partial charge in [-0.05, 0) is 29.8 Å². The number of carbonyl (C=O) groups excluding carboxylic acids is 3. The minimum absolute atomic E-state index is 0.0547. The van der Waals surface area contributed by atoms with Gasteiger partial charge in [0.25, 0.3) is 0 Å². The Morgan fingerprint density at radius 1 is 1.06 bits per heavy atom. The van der Waals surface area contributed by atoms with Gasteiger partial charge < -0.3 is 15.5 Å². The maximum atomic E-state index is 12.4. The van der Waals surface area contributed by atoms with Crippen LogP contribution in [-0.2, 0) is 20.9 Å². The zero-order valence-electron chi connectivity index (χ0n) is 16.8. The van der Waals surface area contributed by atoms with E-state index in [0.29, 0.717) is 18.8 Å². The molecule has 4 rings (SSSR count). The highest BCUT2D eigenvalue weighted by Crippen LogP contribution is 2.20. The van der Waals surface area contributed by atoms with Gasteiger partial charge in [-0.2, -0.15) is 5.10 Å². The molecule has 0 spiro atoms. The first-order valence-corrected chi connectivity index (χ1v) is 9.93. The molecule has 1 aromatic heterocycles. The molecule has 0 bridgehead atoms. The number of hydrogen-bond donors (Lipinski definition) is 2. The molecule has 0 aliphatic carbocycles. The average Bonchev–Trinajstić information content (AvgIpc) is 3.44. The van der Waals surface area contributed by atoms with E-state index in [-0.39, 0.29) is 30.7 Å². The third-order valence-corrected chi connectivity index (χ3v) is 5.06. The third kappa shape index (κ3) is 5.13. The lowest BCUT2D eigenvalue weighted by Gasteiger charge is -2.16. The minimum Gasteiger partial charge on any atom is -0.347 e. The van der Waals surface area contributed by atoms with Crippen molar-refractivity contribution in [2.45, 2.75) is 13.0 Å². The maximum Gasteiger partial charge on any atom is 0.243 e. The van der Waals surface area contributed by atoms with Crippen molar-refractivity contribution in [1.29, 1.82) is 0 Å². The summed E-state index contributed by atoms with van der Waals surface area (Å²) in [7, 11) is 0. The molecule has 1 aliphatic rings. The van der Waals surface area contributed by atoms with E-state index < -0.39 is 5.92 Å². The Morgan fingerprint density at radius 3 is 2.55 bits per heavy atom. The number of benzene rings is 2. The van der Waals surface area contributed by atoms with Gasteiger partial charge in [0.2, 0.25) is 17.7 Å². The Kier molecular flexibility index (Phi) is 6.02. The Hall–Kier alpha value is -4.01. The number of nitrogens with one attached hydrogen (secondary N) is 2. The van der Waals surface area contributed by atoms with Crippen LogP contribution in [0.5, 0.6) is 0 Å². The van der Waals surface area contributed by atoms with Crippen LogP contribution in [0.3, 0.4) is 0 Å². The smallest absolute Gasteiger partial charge is 0.243 e. The molecule has 31 heavy (non-hydrogen) atoms. The summed E-state index contributed by atoms with van der Waals surface area (Å²) in [6.07, 6.45) is 3.18. The van der Waals surface area contributed by atoms with Gasteiger partial charge in [-0.25, -0.2) is 9.67 Å². The SMILES string of the molecule is O=C(CNC(=O)C1CC(=O)N(Cc2ccccc2)C1)Nc1ccc(-n2cncn2)cc1. The second kappa shape index (κ2) is 9.21. The fourth-order valence-corrected chi connectivity index (χ4v) is 3.46. The van der Waals surface area contributed by atoms with E-state index in [1.807, 2.05) is 30.3 Å². The lowest BCUT2D eigenvalue weighted by Crippen LogP contribution is -2.37. The summed E-state index contributed by atoms with van der Waals surface area (Å²) in [6.45, 7) is 0.673. The van der Waals surface area contributed by atoms with Crippen LogP contribution in [0.15, 0.2) is 67.3 Å². The quantitative estimate of drug-likeness (QED) is 0.602. The minimum atomic E-state index is -0.453. The number of carbonyl (C=O) groups is 3. The molecule has 9 nitrogen and oxygen atoms in total. The standard InChI is InChI=1S/C22H22N6O3/c29-20(26-18-6-8-19(9-7-18)28-15-23-14-25-28)11-24-22(31)17-10-21(30)27(13-17)12-16-4-2-1-3-5-16/h1-9,14-15,17H,10-13H2,(H,24,31)(H,26,29). The molecule has 158 valence electrons. The van der Waals surface area contributed by atoms with E-state index >= 15 is 0 Å². The molecule has 0 saturated carbocycles. The van der Waals surface area contributed by atoms with Crippen LogP contribution in [0, 0.1) is 5.92 Å². The summed E-state index contributed by atoms with van der Waals surface area (Å²) in [5, 5.41) is 9.41. The molecule has 1 atom stereocenters. The maximum absolute atomic E-state index is 12.4. The molecule has 1 unspecified atom stereocenters. The topological polar surface area (TPSA) is 109 Å². The predicted octanol–water partition coefficient (Wildman–Crippen LogP) is 1.37. The second-order valence-electron chi connectivity index (χ2n) is 7.31. The van der Waals surface area contributed by atoms with Gasteiger partial charge in [0.1, 0.15) is 12.7 Å². The van der Waals surface area contributed by atoms with Crippen LogP contribution in [0.2, 0.25) is 0 Å². The normalized spacial score (nSPS) is 15.7. The van der Waals surface area contributed by atoms with Gasteiger partial charge in [-0.1, -0.05) is 30.3 Å². The first kappa shape index (κ1) is 20.3. The van der Waals surface area contributed by atoms with Crippen molar-refractivity contribution >= 4 is 23.4 Å². The van der Waals surface area contributed by atoms with Gasteiger partial charge in [-0.3, -0.25) is 14.4 Å². The number of hydrogen-bond acceptors (Lipinski definition) is 5. The van der Waals surface area contributed by atoms with E-state index in [1.165, 1.54) is 6.33 Å². The van der Waals surface area contributed by atoms with E-state index in [9.17, 15) is 14.4 Å². The Labute approximate surface area is 179 Å². The van der Waals surface area contributed by atoms with E-state index in [0.717, 1.165) is 11.3 Å². The van der Waals surface area contributed by atoms with Crippen molar-refractivity contribution in [3.05, 3.63) is 72.8 Å². The zero-order chi connectivity index (χ0) is 21.6. The number of amides is 3. The largest absolute Gasteiger partial charge is 0.347 e.